The van der Waals surface area contributed by atoms with E-state index >= 15 is 0 Å². The van der Waals surface area contributed by atoms with Gasteiger partial charge in [0.05, 0.1) is 39.5 Å². The summed E-state index contributed by atoms with van der Waals surface area (Å²) in [6.45, 7) is 10.1. The molecule has 46 heavy (non-hydrogen) atoms. The second kappa shape index (κ2) is 18.9. The Kier molecular flexibility index (Phi) is 14.7. The van der Waals surface area contributed by atoms with Gasteiger partial charge in [0.15, 0.2) is 5.79 Å². The summed E-state index contributed by atoms with van der Waals surface area (Å²) in [4.78, 5) is 13.1. The van der Waals surface area contributed by atoms with Gasteiger partial charge in [0.2, 0.25) is 0 Å². The largest absolute Gasteiger partial charge is 0.466 e. The molecule has 1 saturated heterocycles. The number of nitrogens with one attached hydrogen (secondary N) is 1. The average molecular weight is 634 g/mol. The molecule has 0 spiro atoms. The molecule has 5 atom stereocenters. The molecule has 4 rings (SSSR count). The van der Waals surface area contributed by atoms with Crippen molar-refractivity contribution >= 4 is 5.97 Å². The molecule has 0 unspecified atom stereocenters. The molecule has 1 heterocycles. The first-order valence-corrected chi connectivity index (χ1v) is 16.6. The summed E-state index contributed by atoms with van der Waals surface area (Å²) in [5, 5.41) is 3.63. The molecule has 0 amide bonds. The topological polar surface area (TPSA) is 84.5 Å². The van der Waals surface area contributed by atoms with Gasteiger partial charge in [0, 0.05) is 6.04 Å². The van der Waals surface area contributed by atoms with E-state index in [0.29, 0.717) is 39.6 Å². The van der Waals surface area contributed by atoms with E-state index in [-0.39, 0.29) is 12.4 Å². The Labute approximate surface area is 274 Å². The number of ether oxygens (including phenoxy) is 6. The van der Waals surface area contributed by atoms with Gasteiger partial charge in [-0.05, 0) is 50.4 Å². The molecule has 1 fully saturated rings. The summed E-state index contributed by atoms with van der Waals surface area (Å²) < 4.78 is 38.4. The van der Waals surface area contributed by atoms with E-state index < -0.39 is 36.2 Å². The van der Waals surface area contributed by atoms with Gasteiger partial charge < -0.3 is 33.7 Å². The van der Waals surface area contributed by atoms with Gasteiger partial charge in [-0.3, -0.25) is 4.79 Å². The zero-order valence-corrected chi connectivity index (χ0v) is 27.8. The minimum absolute atomic E-state index is 0.112. The predicted octanol–water partition coefficient (Wildman–Crippen LogP) is 6.61. The number of carbonyl (C=O) groups is 1. The molecule has 1 aliphatic rings. The Balaban J connectivity index is 1.75. The molecule has 8 heteroatoms. The van der Waals surface area contributed by atoms with Crippen LogP contribution in [0.15, 0.2) is 91.0 Å². The molecule has 0 radical (unpaired) electrons. The van der Waals surface area contributed by atoms with Crippen molar-refractivity contribution in [2.45, 2.75) is 103 Å². The van der Waals surface area contributed by atoms with E-state index in [1.165, 1.54) is 0 Å². The zero-order chi connectivity index (χ0) is 32.6. The predicted molar refractivity (Wildman–Crippen MR) is 178 cm³/mol. The third-order valence-corrected chi connectivity index (χ3v) is 7.93. The van der Waals surface area contributed by atoms with Crippen LogP contribution in [0.4, 0.5) is 0 Å². The van der Waals surface area contributed by atoms with Crippen molar-refractivity contribution < 1.29 is 33.2 Å². The van der Waals surface area contributed by atoms with E-state index in [1.54, 1.807) is 0 Å². The van der Waals surface area contributed by atoms with E-state index in [2.05, 4.69) is 12.2 Å². The minimum atomic E-state index is -0.785. The van der Waals surface area contributed by atoms with E-state index in [1.807, 2.05) is 112 Å². The van der Waals surface area contributed by atoms with Crippen LogP contribution in [-0.2, 0) is 53.0 Å². The van der Waals surface area contributed by atoms with Crippen molar-refractivity contribution in [1.82, 2.24) is 5.32 Å². The van der Waals surface area contributed by atoms with Crippen LogP contribution in [0.5, 0.6) is 0 Å². The highest BCUT2D eigenvalue weighted by atomic mass is 16.8. The number of unbranched alkanes of at least 4 members (excludes halogenated alkanes) is 1. The van der Waals surface area contributed by atoms with E-state index in [0.717, 1.165) is 29.5 Å². The van der Waals surface area contributed by atoms with Gasteiger partial charge in [0.25, 0.3) is 0 Å². The first-order valence-electron chi connectivity index (χ1n) is 16.6. The lowest BCUT2D eigenvalue weighted by Crippen LogP contribution is -2.57. The number of hydrogen-bond acceptors (Lipinski definition) is 8. The summed E-state index contributed by atoms with van der Waals surface area (Å²) in [5.74, 6) is -1.08. The van der Waals surface area contributed by atoms with Crippen LogP contribution in [-0.4, -0.2) is 62.0 Å². The van der Waals surface area contributed by atoms with Crippen molar-refractivity contribution in [2.24, 2.45) is 0 Å². The molecule has 3 aromatic carbocycles. The fourth-order valence-electron chi connectivity index (χ4n) is 5.58. The maximum atomic E-state index is 13.1. The molecule has 1 N–H and O–H groups in total. The molecule has 0 saturated carbocycles. The van der Waals surface area contributed by atoms with Gasteiger partial charge in [-0.1, -0.05) is 104 Å². The quantitative estimate of drug-likeness (QED) is 0.110. The Morgan fingerprint density at radius 3 is 1.80 bits per heavy atom. The highest BCUT2D eigenvalue weighted by Crippen LogP contribution is 2.31. The summed E-state index contributed by atoms with van der Waals surface area (Å²) >= 11 is 0. The SMILES string of the molecule is CCCCN[C@H](CC(=O)OCC)[C@H](OCc1ccccc1)[C@@H](OCc1ccccc1)[C@H](OCc1ccccc1)[C@H]1COC(C)(C)O1. The first kappa shape index (κ1) is 35.7. The van der Waals surface area contributed by atoms with Crippen molar-refractivity contribution in [3.8, 4) is 0 Å². The molecular formula is C38H51NO7. The lowest BCUT2D eigenvalue weighted by atomic mass is 9.94. The van der Waals surface area contributed by atoms with E-state index in [9.17, 15) is 4.79 Å². The number of hydrogen-bond donors (Lipinski definition) is 1. The summed E-state index contributed by atoms with van der Waals surface area (Å²) in [5.41, 5.74) is 3.06. The normalized spacial score (nSPS) is 18.5. The number of esters is 1. The third-order valence-electron chi connectivity index (χ3n) is 7.93. The smallest absolute Gasteiger partial charge is 0.307 e. The zero-order valence-electron chi connectivity index (χ0n) is 27.8. The van der Waals surface area contributed by atoms with Crippen LogP contribution in [0, 0.1) is 0 Å². The van der Waals surface area contributed by atoms with Crippen LogP contribution in [0.1, 0.15) is 63.6 Å². The standard InChI is InChI=1S/C38H51NO7/c1-5-7-23-39-32(24-34(40)41-6-2)35(42-25-29-17-11-8-12-18-29)37(44-27-31-21-15-10-16-22-31)36(33-28-45-38(3,4)46-33)43-26-30-19-13-9-14-20-30/h8-22,32-33,35-37,39H,5-7,23-28H2,1-4H3/t32-,33-,35+,36-,37-/m1/s1. The summed E-state index contributed by atoms with van der Waals surface area (Å²) in [6, 6.07) is 29.7. The Morgan fingerprint density at radius 2 is 1.33 bits per heavy atom. The van der Waals surface area contributed by atoms with Gasteiger partial charge >= 0.3 is 5.97 Å². The second-order valence-electron chi connectivity index (χ2n) is 12.1. The van der Waals surface area contributed by atoms with Crippen molar-refractivity contribution in [2.75, 3.05) is 19.8 Å². The number of carbonyl (C=O) groups excluding carboxylic acids is 1. The number of rotatable bonds is 20. The fraction of sp³-hybridized carbons (Fsp3) is 0.500. The van der Waals surface area contributed by atoms with Gasteiger partial charge in [-0.15, -0.1) is 0 Å². The van der Waals surface area contributed by atoms with Crippen LogP contribution in [0.25, 0.3) is 0 Å². The van der Waals surface area contributed by atoms with Crippen molar-refractivity contribution in [3.63, 3.8) is 0 Å². The van der Waals surface area contributed by atoms with Crippen molar-refractivity contribution in [3.05, 3.63) is 108 Å². The molecule has 0 aromatic heterocycles. The summed E-state index contributed by atoms with van der Waals surface area (Å²) in [6.07, 6.45) is -0.232. The molecule has 8 nitrogen and oxygen atoms in total. The highest BCUT2D eigenvalue weighted by molar-refractivity contribution is 5.70. The average Bonchev–Trinajstić information content (AvgIpc) is 3.43. The van der Waals surface area contributed by atoms with Crippen LogP contribution >= 0.6 is 0 Å². The Morgan fingerprint density at radius 1 is 0.804 bits per heavy atom. The molecule has 3 aromatic rings. The van der Waals surface area contributed by atoms with Gasteiger partial charge in [-0.25, -0.2) is 0 Å². The molecule has 250 valence electrons. The Bertz CT molecular complexity index is 1260. The lowest BCUT2D eigenvalue weighted by molar-refractivity contribution is -0.205. The van der Waals surface area contributed by atoms with Gasteiger partial charge in [-0.2, -0.15) is 0 Å². The van der Waals surface area contributed by atoms with E-state index in [4.69, 9.17) is 28.4 Å². The Hall–Kier alpha value is -3.11. The molecular weight excluding hydrogens is 582 g/mol. The molecule has 0 bridgehead atoms. The maximum absolute atomic E-state index is 13.1. The van der Waals surface area contributed by atoms with Gasteiger partial charge in [0.1, 0.15) is 24.4 Å². The molecule has 0 aliphatic carbocycles. The van der Waals surface area contributed by atoms with Crippen LogP contribution in [0.2, 0.25) is 0 Å². The molecule has 1 aliphatic heterocycles. The van der Waals surface area contributed by atoms with Crippen LogP contribution in [0.3, 0.4) is 0 Å². The number of benzene rings is 3. The first-order chi connectivity index (χ1) is 22.4. The minimum Gasteiger partial charge on any atom is -0.466 e. The second-order valence-corrected chi connectivity index (χ2v) is 12.1. The third kappa shape index (κ3) is 11.6. The van der Waals surface area contributed by atoms with Crippen molar-refractivity contribution in [1.29, 1.82) is 0 Å². The van der Waals surface area contributed by atoms with Crippen LogP contribution < -0.4 is 5.32 Å². The monoisotopic (exact) mass is 633 g/mol. The maximum Gasteiger partial charge on any atom is 0.307 e. The lowest BCUT2D eigenvalue weighted by Gasteiger charge is -2.39. The summed E-state index contributed by atoms with van der Waals surface area (Å²) in [7, 11) is 0. The highest BCUT2D eigenvalue weighted by Gasteiger charge is 2.47. The fourth-order valence-corrected chi connectivity index (χ4v) is 5.58.